The van der Waals surface area contributed by atoms with Crippen LogP contribution >= 0.6 is 15.9 Å². The molecule has 0 aliphatic carbocycles. The summed E-state index contributed by atoms with van der Waals surface area (Å²) in [5.41, 5.74) is 3.04. The molecular weight excluding hydrogens is 432 g/mol. The Morgan fingerprint density at radius 2 is 1.83 bits per heavy atom. The van der Waals surface area contributed by atoms with E-state index in [-0.39, 0.29) is 24.5 Å². The van der Waals surface area contributed by atoms with Gasteiger partial charge in [-0.05, 0) is 63.9 Å². The first kappa shape index (κ1) is 22.9. The molecule has 5 nitrogen and oxygen atoms in total. The van der Waals surface area contributed by atoms with Gasteiger partial charge in [0.1, 0.15) is 11.8 Å². The lowest BCUT2D eigenvalue weighted by molar-refractivity contribution is -0.142. The highest BCUT2D eigenvalue weighted by molar-refractivity contribution is 9.10. The first-order chi connectivity index (χ1) is 13.7. The lowest BCUT2D eigenvalue weighted by Gasteiger charge is -2.29. The molecule has 0 heterocycles. The van der Waals surface area contributed by atoms with Crippen molar-refractivity contribution in [1.29, 1.82) is 0 Å². The van der Waals surface area contributed by atoms with Crippen molar-refractivity contribution in [1.82, 2.24) is 10.2 Å². The van der Waals surface area contributed by atoms with E-state index in [4.69, 9.17) is 4.74 Å². The van der Waals surface area contributed by atoms with E-state index in [1.54, 1.807) is 11.8 Å². The Morgan fingerprint density at radius 3 is 2.45 bits per heavy atom. The molecule has 0 radical (unpaired) electrons. The number of rotatable bonds is 8. The maximum Gasteiger partial charge on any atom is 0.261 e. The summed E-state index contributed by atoms with van der Waals surface area (Å²) in [6.45, 7) is 9.69. The molecule has 6 heteroatoms. The van der Waals surface area contributed by atoms with Crippen LogP contribution in [0.1, 0.15) is 37.5 Å². The molecule has 0 aliphatic rings. The number of aryl methyl sites for hydroxylation is 2. The van der Waals surface area contributed by atoms with Crippen molar-refractivity contribution in [2.45, 2.75) is 53.2 Å². The van der Waals surface area contributed by atoms with Gasteiger partial charge in [0.2, 0.25) is 5.91 Å². The average Bonchev–Trinajstić information content (AvgIpc) is 2.64. The highest BCUT2D eigenvalue weighted by Gasteiger charge is 2.27. The third-order valence-corrected chi connectivity index (χ3v) is 5.02. The van der Waals surface area contributed by atoms with Crippen molar-refractivity contribution < 1.29 is 14.3 Å². The molecule has 2 aromatic carbocycles. The standard InChI is InChI=1S/C23H29BrN2O3/c1-15(2)25-23(28)18(5)26(13-19-7-6-8-20(24)12-19)22(27)14-29-21-10-9-16(3)11-17(21)4/h6-12,15,18H,13-14H2,1-5H3,(H,25,28). The topological polar surface area (TPSA) is 58.6 Å². The first-order valence-corrected chi connectivity index (χ1v) is 10.5. The number of carbonyl (C=O) groups is 2. The van der Waals surface area contributed by atoms with E-state index in [1.165, 1.54) is 0 Å². The highest BCUT2D eigenvalue weighted by atomic mass is 79.9. The molecule has 2 rings (SSSR count). The zero-order valence-corrected chi connectivity index (χ0v) is 19.2. The van der Waals surface area contributed by atoms with E-state index in [9.17, 15) is 9.59 Å². The SMILES string of the molecule is Cc1ccc(OCC(=O)N(Cc2cccc(Br)c2)C(C)C(=O)NC(C)C)c(C)c1. The summed E-state index contributed by atoms with van der Waals surface area (Å²) >= 11 is 3.46. The molecule has 0 aromatic heterocycles. The highest BCUT2D eigenvalue weighted by Crippen LogP contribution is 2.20. The maximum absolute atomic E-state index is 13.0. The number of nitrogens with zero attached hydrogens (tertiary/aromatic N) is 1. The van der Waals surface area contributed by atoms with E-state index in [2.05, 4.69) is 21.2 Å². The van der Waals surface area contributed by atoms with Crippen LogP contribution in [0.4, 0.5) is 0 Å². The van der Waals surface area contributed by atoms with Gasteiger partial charge in [-0.15, -0.1) is 0 Å². The molecule has 0 saturated heterocycles. The molecule has 1 atom stereocenters. The maximum atomic E-state index is 13.0. The Hall–Kier alpha value is -2.34. The molecule has 0 saturated carbocycles. The molecule has 1 unspecified atom stereocenters. The Labute approximate surface area is 181 Å². The van der Waals surface area contributed by atoms with Gasteiger partial charge in [0, 0.05) is 17.1 Å². The van der Waals surface area contributed by atoms with E-state index < -0.39 is 6.04 Å². The number of ether oxygens (including phenoxy) is 1. The van der Waals surface area contributed by atoms with Crippen molar-refractivity contribution in [3.63, 3.8) is 0 Å². The summed E-state index contributed by atoms with van der Waals surface area (Å²) in [5, 5.41) is 2.88. The summed E-state index contributed by atoms with van der Waals surface area (Å²) in [6, 6.07) is 12.9. The second-order valence-corrected chi connectivity index (χ2v) is 8.46. The number of nitrogens with one attached hydrogen (secondary N) is 1. The number of amides is 2. The normalized spacial score (nSPS) is 11.8. The van der Waals surface area contributed by atoms with Gasteiger partial charge in [-0.1, -0.05) is 45.8 Å². The molecule has 0 bridgehead atoms. The summed E-state index contributed by atoms with van der Waals surface area (Å²) in [7, 11) is 0. The van der Waals surface area contributed by atoms with Gasteiger partial charge in [-0.3, -0.25) is 9.59 Å². The largest absolute Gasteiger partial charge is 0.483 e. The van der Waals surface area contributed by atoms with Gasteiger partial charge in [-0.2, -0.15) is 0 Å². The van der Waals surface area contributed by atoms with E-state index in [1.807, 2.05) is 70.2 Å². The Morgan fingerprint density at radius 1 is 1.10 bits per heavy atom. The van der Waals surface area contributed by atoms with E-state index in [0.717, 1.165) is 21.2 Å². The fraction of sp³-hybridized carbons (Fsp3) is 0.391. The number of halogens is 1. The van der Waals surface area contributed by atoms with Crippen molar-refractivity contribution in [2.75, 3.05) is 6.61 Å². The van der Waals surface area contributed by atoms with Crippen LogP contribution in [0.3, 0.4) is 0 Å². The fourth-order valence-electron chi connectivity index (χ4n) is 3.00. The zero-order chi connectivity index (χ0) is 21.6. The van der Waals surface area contributed by atoms with Crippen LogP contribution in [0.25, 0.3) is 0 Å². The van der Waals surface area contributed by atoms with Crippen LogP contribution in [0.5, 0.6) is 5.75 Å². The van der Waals surface area contributed by atoms with Gasteiger partial charge in [0.25, 0.3) is 5.91 Å². The second kappa shape index (κ2) is 10.4. The summed E-state index contributed by atoms with van der Waals surface area (Å²) in [4.78, 5) is 27.2. The smallest absolute Gasteiger partial charge is 0.261 e. The van der Waals surface area contributed by atoms with Crippen LogP contribution in [0.2, 0.25) is 0 Å². The van der Waals surface area contributed by atoms with Crippen LogP contribution < -0.4 is 10.1 Å². The molecule has 29 heavy (non-hydrogen) atoms. The molecule has 0 fully saturated rings. The molecule has 2 aromatic rings. The lowest BCUT2D eigenvalue weighted by atomic mass is 10.1. The Balaban J connectivity index is 2.17. The van der Waals surface area contributed by atoms with Crippen molar-refractivity contribution in [3.05, 3.63) is 63.6 Å². The molecular formula is C23H29BrN2O3. The van der Waals surface area contributed by atoms with Crippen molar-refractivity contribution in [3.8, 4) is 5.75 Å². The molecule has 2 amide bonds. The second-order valence-electron chi connectivity index (χ2n) is 7.55. The molecule has 1 N–H and O–H groups in total. The zero-order valence-electron chi connectivity index (χ0n) is 17.7. The minimum absolute atomic E-state index is 0.000713. The summed E-state index contributed by atoms with van der Waals surface area (Å²) in [5.74, 6) is 0.247. The monoisotopic (exact) mass is 460 g/mol. The lowest BCUT2D eigenvalue weighted by Crippen LogP contribution is -2.50. The third-order valence-electron chi connectivity index (χ3n) is 4.52. The minimum atomic E-state index is -0.619. The molecule has 0 spiro atoms. The number of carbonyl (C=O) groups excluding carboxylic acids is 2. The van der Waals surface area contributed by atoms with E-state index >= 15 is 0 Å². The number of hydrogen-bond donors (Lipinski definition) is 1. The third kappa shape index (κ3) is 6.89. The van der Waals surface area contributed by atoms with Crippen molar-refractivity contribution in [2.24, 2.45) is 0 Å². The van der Waals surface area contributed by atoms with E-state index in [0.29, 0.717) is 12.3 Å². The molecule has 156 valence electrons. The summed E-state index contributed by atoms with van der Waals surface area (Å²) < 4.78 is 6.70. The van der Waals surface area contributed by atoms with Crippen LogP contribution in [0.15, 0.2) is 46.9 Å². The van der Waals surface area contributed by atoms with Gasteiger partial charge < -0.3 is 15.0 Å². The minimum Gasteiger partial charge on any atom is -0.483 e. The van der Waals surface area contributed by atoms with Gasteiger partial charge in [-0.25, -0.2) is 0 Å². The number of hydrogen-bond acceptors (Lipinski definition) is 3. The predicted molar refractivity (Wildman–Crippen MR) is 119 cm³/mol. The molecule has 0 aliphatic heterocycles. The quantitative estimate of drug-likeness (QED) is 0.635. The summed E-state index contributed by atoms with van der Waals surface area (Å²) in [6.07, 6.45) is 0. The van der Waals surface area contributed by atoms with Crippen LogP contribution in [0, 0.1) is 13.8 Å². The van der Waals surface area contributed by atoms with Crippen LogP contribution in [-0.4, -0.2) is 35.4 Å². The Bertz CT molecular complexity index is 867. The fourth-order valence-corrected chi connectivity index (χ4v) is 3.45. The Kier molecular flexibility index (Phi) is 8.26. The van der Waals surface area contributed by atoms with Gasteiger partial charge in [0.05, 0.1) is 0 Å². The first-order valence-electron chi connectivity index (χ1n) is 9.71. The van der Waals surface area contributed by atoms with Gasteiger partial charge >= 0.3 is 0 Å². The number of benzene rings is 2. The average molecular weight is 461 g/mol. The van der Waals surface area contributed by atoms with Gasteiger partial charge in [0.15, 0.2) is 6.61 Å². The predicted octanol–water partition coefficient (Wildman–Crippen LogP) is 4.39. The van der Waals surface area contributed by atoms with Crippen LogP contribution in [-0.2, 0) is 16.1 Å². The van der Waals surface area contributed by atoms with Crippen molar-refractivity contribution >= 4 is 27.7 Å².